The lowest BCUT2D eigenvalue weighted by Crippen LogP contribution is -2.37. The summed E-state index contributed by atoms with van der Waals surface area (Å²) in [4.78, 5) is 37.6. The van der Waals surface area contributed by atoms with E-state index in [0.717, 1.165) is 12.8 Å². The van der Waals surface area contributed by atoms with Crippen molar-refractivity contribution in [3.63, 3.8) is 0 Å². The maximum absolute atomic E-state index is 13.0. The Morgan fingerprint density at radius 3 is 2.52 bits per heavy atom. The fraction of sp³-hybridized carbons (Fsp3) is 0.364. The van der Waals surface area contributed by atoms with Crippen molar-refractivity contribution in [2.24, 2.45) is 0 Å². The van der Waals surface area contributed by atoms with Crippen LogP contribution in [0.15, 0.2) is 42.5 Å². The van der Waals surface area contributed by atoms with Gasteiger partial charge in [0.2, 0.25) is 0 Å². The normalized spacial score (nSPS) is 13.5. The fourth-order valence-electron chi connectivity index (χ4n) is 3.18. The highest BCUT2D eigenvalue weighted by Gasteiger charge is 2.22. The molecule has 31 heavy (non-hydrogen) atoms. The minimum atomic E-state index is -0.529. The Kier molecular flexibility index (Phi) is 7.55. The number of unbranched alkanes of at least 4 members (excludes halogenated alkanes) is 1. The Morgan fingerprint density at radius 2 is 1.87 bits per heavy atom. The molecule has 0 aromatic heterocycles. The maximum atomic E-state index is 13.0. The molecule has 1 amide bonds. The molecule has 164 valence electrons. The molecule has 1 heterocycles. The topological polar surface area (TPSA) is 111 Å². The summed E-state index contributed by atoms with van der Waals surface area (Å²) in [5, 5.41) is 14.0. The Morgan fingerprint density at radius 1 is 1.16 bits per heavy atom. The van der Waals surface area contributed by atoms with Crippen molar-refractivity contribution in [1.82, 2.24) is 0 Å². The molecule has 0 radical (unpaired) electrons. The molecule has 1 aliphatic heterocycles. The van der Waals surface area contributed by atoms with Gasteiger partial charge in [-0.3, -0.25) is 14.9 Å². The van der Waals surface area contributed by atoms with Crippen molar-refractivity contribution < 1.29 is 24.0 Å². The van der Waals surface area contributed by atoms with Crippen LogP contribution in [0.4, 0.5) is 17.1 Å². The van der Waals surface area contributed by atoms with E-state index in [9.17, 15) is 19.7 Å². The number of nitro benzene ring substituents is 1. The van der Waals surface area contributed by atoms with Crippen molar-refractivity contribution in [3.05, 3.63) is 63.7 Å². The van der Waals surface area contributed by atoms with Crippen LogP contribution in [0.3, 0.4) is 0 Å². The monoisotopic (exact) mass is 427 g/mol. The summed E-state index contributed by atoms with van der Waals surface area (Å²) in [6.45, 7) is 4.60. The lowest BCUT2D eigenvalue weighted by molar-refractivity contribution is -0.384. The van der Waals surface area contributed by atoms with Gasteiger partial charge in [0, 0.05) is 30.9 Å². The number of carbonyl (C=O) groups is 2. The van der Waals surface area contributed by atoms with Crippen LogP contribution >= 0.6 is 0 Å². The van der Waals surface area contributed by atoms with Crippen molar-refractivity contribution in [3.8, 4) is 0 Å². The van der Waals surface area contributed by atoms with E-state index in [4.69, 9.17) is 9.47 Å². The zero-order valence-corrected chi connectivity index (χ0v) is 17.3. The fourth-order valence-corrected chi connectivity index (χ4v) is 3.18. The SMILES string of the molecule is CCCCOC(=O)c1ccc(NC(=O)c2cc([N+](=O)[O-])ccc2N2CCOCC2)cc1. The third-order valence-electron chi connectivity index (χ3n) is 4.90. The second kappa shape index (κ2) is 10.5. The smallest absolute Gasteiger partial charge is 0.338 e. The first-order valence-electron chi connectivity index (χ1n) is 10.2. The van der Waals surface area contributed by atoms with Gasteiger partial charge in [0.25, 0.3) is 11.6 Å². The number of hydrogen-bond acceptors (Lipinski definition) is 7. The molecule has 0 aliphatic carbocycles. The van der Waals surface area contributed by atoms with Crippen molar-refractivity contribution in [1.29, 1.82) is 0 Å². The highest BCUT2D eigenvalue weighted by atomic mass is 16.6. The highest BCUT2D eigenvalue weighted by molar-refractivity contribution is 6.08. The van der Waals surface area contributed by atoms with Crippen LogP contribution in [-0.2, 0) is 9.47 Å². The number of nitro groups is 1. The number of morpholine rings is 1. The number of rotatable bonds is 8. The molecule has 0 spiro atoms. The van der Waals surface area contributed by atoms with Gasteiger partial charge in [-0.1, -0.05) is 13.3 Å². The van der Waals surface area contributed by atoms with Crippen molar-refractivity contribution >= 4 is 28.9 Å². The summed E-state index contributed by atoms with van der Waals surface area (Å²) in [6, 6.07) is 10.6. The lowest BCUT2D eigenvalue weighted by atomic mass is 10.1. The number of hydrogen-bond donors (Lipinski definition) is 1. The van der Waals surface area contributed by atoms with Crippen LogP contribution in [0.2, 0.25) is 0 Å². The molecule has 0 bridgehead atoms. The Bertz CT molecular complexity index is 939. The number of ether oxygens (including phenoxy) is 2. The van der Waals surface area contributed by atoms with Gasteiger partial charge in [-0.25, -0.2) is 4.79 Å². The zero-order valence-electron chi connectivity index (χ0n) is 17.3. The Hall–Kier alpha value is -3.46. The molecule has 9 nitrogen and oxygen atoms in total. The second-order valence-electron chi connectivity index (χ2n) is 7.08. The number of anilines is 2. The lowest BCUT2D eigenvalue weighted by Gasteiger charge is -2.30. The average Bonchev–Trinajstić information content (AvgIpc) is 2.79. The minimum Gasteiger partial charge on any atom is -0.462 e. The van der Waals surface area contributed by atoms with Gasteiger partial charge >= 0.3 is 5.97 Å². The first-order valence-corrected chi connectivity index (χ1v) is 10.2. The molecule has 0 atom stereocenters. The number of amides is 1. The van der Waals surface area contributed by atoms with E-state index in [1.807, 2.05) is 11.8 Å². The Labute approximate surface area is 180 Å². The first-order chi connectivity index (χ1) is 15.0. The predicted molar refractivity (Wildman–Crippen MR) is 116 cm³/mol. The number of nitrogens with zero attached hydrogens (tertiary/aromatic N) is 2. The molecule has 9 heteroatoms. The third-order valence-corrected chi connectivity index (χ3v) is 4.90. The molecule has 2 aromatic carbocycles. The molecule has 2 aromatic rings. The van der Waals surface area contributed by atoms with E-state index in [-0.39, 0.29) is 11.3 Å². The summed E-state index contributed by atoms with van der Waals surface area (Å²) >= 11 is 0. The Balaban J connectivity index is 1.76. The van der Waals surface area contributed by atoms with Crippen LogP contribution in [0.1, 0.15) is 40.5 Å². The second-order valence-corrected chi connectivity index (χ2v) is 7.08. The van der Waals surface area contributed by atoms with Crippen LogP contribution in [0.25, 0.3) is 0 Å². The van der Waals surface area contributed by atoms with Crippen LogP contribution in [-0.4, -0.2) is 49.7 Å². The van der Waals surface area contributed by atoms with Crippen molar-refractivity contribution in [2.45, 2.75) is 19.8 Å². The molecular formula is C22H25N3O6. The molecule has 1 fully saturated rings. The predicted octanol–water partition coefficient (Wildman–Crippen LogP) is 3.64. The summed E-state index contributed by atoms with van der Waals surface area (Å²) in [6.07, 6.45) is 1.73. The molecule has 1 saturated heterocycles. The van der Waals surface area contributed by atoms with E-state index in [1.54, 1.807) is 30.3 Å². The van der Waals surface area contributed by atoms with Gasteiger partial charge in [0.1, 0.15) is 0 Å². The van der Waals surface area contributed by atoms with Crippen LogP contribution in [0, 0.1) is 10.1 Å². The quantitative estimate of drug-likeness (QED) is 0.296. The molecule has 0 unspecified atom stereocenters. The summed E-state index contributed by atoms with van der Waals surface area (Å²) in [5.41, 5.74) is 1.52. The minimum absolute atomic E-state index is 0.160. The number of nitrogens with one attached hydrogen (secondary N) is 1. The van der Waals surface area contributed by atoms with Crippen LogP contribution < -0.4 is 10.2 Å². The third kappa shape index (κ3) is 5.79. The summed E-state index contributed by atoms with van der Waals surface area (Å²) in [7, 11) is 0. The van der Waals surface area contributed by atoms with E-state index < -0.39 is 16.8 Å². The number of benzene rings is 2. The molecule has 1 N–H and O–H groups in total. The number of carbonyl (C=O) groups excluding carboxylic acids is 2. The standard InChI is InChI=1S/C22H25N3O6/c1-2-3-12-31-22(27)16-4-6-17(7-5-16)23-21(26)19-15-18(25(28)29)8-9-20(19)24-10-13-30-14-11-24/h4-9,15H,2-3,10-14H2,1H3,(H,23,26). The van der Waals surface area contributed by atoms with Gasteiger partial charge in [0.05, 0.1) is 41.6 Å². The number of esters is 1. The van der Waals surface area contributed by atoms with Crippen LogP contribution in [0.5, 0.6) is 0 Å². The maximum Gasteiger partial charge on any atom is 0.338 e. The first kappa shape index (κ1) is 22.2. The van der Waals surface area contributed by atoms with Gasteiger partial charge in [-0.05, 0) is 36.8 Å². The largest absolute Gasteiger partial charge is 0.462 e. The number of non-ortho nitro benzene ring substituents is 1. The van der Waals surface area contributed by atoms with Gasteiger partial charge in [-0.2, -0.15) is 0 Å². The van der Waals surface area contributed by atoms with Gasteiger partial charge < -0.3 is 19.7 Å². The van der Waals surface area contributed by atoms with E-state index in [0.29, 0.717) is 49.8 Å². The van der Waals surface area contributed by atoms with Gasteiger partial charge in [0.15, 0.2) is 0 Å². The van der Waals surface area contributed by atoms with Gasteiger partial charge in [-0.15, -0.1) is 0 Å². The molecule has 0 saturated carbocycles. The summed E-state index contributed by atoms with van der Waals surface area (Å²) < 4.78 is 10.5. The average molecular weight is 427 g/mol. The summed E-state index contributed by atoms with van der Waals surface area (Å²) in [5.74, 6) is -0.886. The molecular weight excluding hydrogens is 402 g/mol. The molecule has 1 aliphatic rings. The van der Waals surface area contributed by atoms with E-state index in [1.165, 1.54) is 12.1 Å². The molecule has 3 rings (SSSR count). The van der Waals surface area contributed by atoms with Crippen molar-refractivity contribution in [2.75, 3.05) is 43.1 Å². The zero-order chi connectivity index (χ0) is 22.2. The van der Waals surface area contributed by atoms with E-state index >= 15 is 0 Å². The highest BCUT2D eigenvalue weighted by Crippen LogP contribution is 2.27. The van der Waals surface area contributed by atoms with E-state index in [2.05, 4.69) is 5.32 Å².